The molecule has 164 valence electrons. The van der Waals surface area contributed by atoms with Crippen LogP contribution >= 0.6 is 27.7 Å². The van der Waals surface area contributed by atoms with Gasteiger partial charge in [-0.05, 0) is 53.7 Å². The number of rotatable bonds is 6. The van der Waals surface area contributed by atoms with E-state index < -0.39 is 0 Å². The Bertz CT molecular complexity index is 1300. The Hall–Kier alpha value is -3.54. The molecule has 3 aromatic rings. The Morgan fingerprint density at radius 2 is 1.79 bits per heavy atom. The van der Waals surface area contributed by atoms with E-state index in [1.807, 2.05) is 18.2 Å². The summed E-state index contributed by atoms with van der Waals surface area (Å²) in [7, 11) is 1.52. The molecule has 8 heteroatoms. The van der Waals surface area contributed by atoms with Crippen LogP contribution in [0.1, 0.15) is 16.7 Å². The van der Waals surface area contributed by atoms with Crippen LogP contribution in [0.2, 0.25) is 0 Å². The molecule has 0 unspecified atom stereocenters. The molecule has 1 saturated heterocycles. The smallest absolute Gasteiger partial charge is 0.298 e. The Balaban J connectivity index is 1.59. The van der Waals surface area contributed by atoms with E-state index in [1.165, 1.54) is 7.11 Å². The number of carbonyl (C=O) groups is 2. The van der Waals surface area contributed by atoms with Crippen molar-refractivity contribution in [1.82, 2.24) is 0 Å². The van der Waals surface area contributed by atoms with Gasteiger partial charge in [0, 0.05) is 10.0 Å². The number of nitriles is 1. The molecule has 0 radical (unpaired) electrons. The average Bonchev–Trinajstić information content (AvgIpc) is 3.12. The van der Waals surface area contributed by atoms with E-state index in [0.717, 1.165) is 22.2 Å². The summed E-state index contributed by atoms with van der Waals surface area (Å²) in [4.78, 5) is 26.8. The second kappa shape index (κ2) is 9.94. The van der Waals surface area contributed by atoms with E-state index in [4.69, 9.17) is 9.47 Å². The lowest BCUT2D eigenvalue weighted by atomic mass is 10.1. The van der Waals surface area contributed by atoms with Crippen LogP contribution in [0.15, 0.2) is 76.1 Å². The minimum atomic E-state index is -0.379. The maximum absolute atomic E-state index is 12.9. The number of para-hydroxylation sites is 1. The highest BCUT2D eigenvalue weighted by Crippen LogP contribution is 2.39. The summed E-state index contributed by atoms with van der Waals surface area (Å²) in [6.07, 6.45) is 1.65. The van der Waals surface area contributed by atoms with Crippen molar-refractivity contribution in [2.45, 2.75) is 6.61 Å². The number of imide groups is 1. The average molecular weight is 521 g/mol. The highest BCUT2D eigenvalue weighted by molar-refractivity contribution is 9.10. The van der Waals surface area contributed by atoms with Crippen molar-refractivity contribution < 1.29 is 19.1 Å². The van der Waals surface area contributed by atoms with Crippen LogP contribution in [0.25, 0.3) is 6.08 Å². The largest absolute Gasteiger partial charge is 0.493 e. The SMILES string of the molecule is COc1cc(/C=C2\SC(=O)N(c3ccccc3)C2=O)c(Br)cc1OCc1ccccc1C#N. The Morgan fingerprint density at radius 1 is 1.06 bits per heavy atom. The third kappa shape index (κ3) is 4.80. The molecule has 4 rings (SSSR count). The molecule has 1 fully saturated rings. The predicted molar refractivity (Wildman–Crippen MR) is 131 cm³/mol. The van der Waals surface area contributed by atoms with Crippen molar-refractivity contribution in [3.8, 4) is 17.6 Å². The number of nitrogens with zero attached hydrogens (tertiary/aromatic N) is 2. The summed E-state index contributed by atoms with van der Waals surface area (Å²) in [6.45, 7) is 0.196. The molecule has 1 heterocycles. The molecule has 0 aliphatic carbocycles. The van der Waals surface area contributed by atoms with Crippen LogP contribution in [0.5, 0.6) is 11.5 Å². The lowest BCUT2D eigenvalue weighted by Gasteiger charge is -2.14. The van der Waals surface area contributed by atoms with Gasteiger partial charge in [0.2, 0.25) is 0 Å². The highest BCUT2D eigenvalue weighted by Gasteiger charge is 2.36. The number of carbonyl (C=O) groups excluding carboxylic acids is 2. The van der Waals surface area contributed by atoms with Crippen molar-refractivity contribution in [2.75, 3.05) is 12.0 Å². The van der Waals surface area contributed by atoms with Gasteiger partial charge in [-0.25, -0.2) is 4.90 Å². The highest BCUT2D eigenvalue weighted by atomic mass is 79.9. The fourth-order valence-electron chi connectivity index (χ4n) is 3.25. The number of thioether (sulfide) groups is 1. The number of benzene rings is 3. The van der Waals surface area contributed by atoms with Gasteiger partial charge in [0.25, 0.3) is 11.1 Å². The number of ether oxygens (including phenoxy) is 2. The molecule has 0 atom stereocenters. The van der Waals surface area contributed by atoms with E-state index in [2.05, 4.69) is 22.0 Å². The van der Waals surface area contributed by atoms with E-state index in [9.17, 15) is 14.9 Å². The van der Waals surface area contributed by atoms with Gasteiger partial charge in [-0.15, -0.1) is 0 Å². The summed E-state index contributed by atoms with van der Waals surface area (Å²) >= 11 is 4.40. The molecule has 0 N–H and O–H groups in total. The zero-order chi connectivity index (χ0) is 23.4. The van der Waals surface area contributed by atoms with Crippen LogP contribution in [0, 0.1) is 11.3 Å². The lowest BCUT2D eigenvalue weighted by Crippen LogP contribution is -2.27. The van der Waals surface area contributed by atoms with Gasteiger partial charge in [-0.2, -0.15) is 5.26 Å². The topological polar surface area (TPSA) is 79.6 Å². The van der Waals surface area contributed by atoms with Crippen LogP contribution in [0.3, 0.4) is 0 Å². The fourth-order valence-corrected chi connectivity index (χ4v) is 4.52. The van der Waals surface area contributed by atoms with Gasteiger partial charge >= 0.3 is 0 Å². The quantitative estimate of drug-likeness (QED) is 0.362. The summed E-state index contributed by atoms with van der Waals surface area (Å²) in [6, 6.07) is 21.6. The molecule has 0 aromatic heterocycles. The number of hydrogen-bond acceptors (Lipinski definition) is 6. The minimum absolute atomic E-state index is 0.196. The maximum Gasteiger partial charge on any atom is 0.298 e. The van der Waals surface area contributed by atoms with E-state index in [1.54, 1.807) is 54.6 Å². The maximum atomic E-state index is 12.9. The monoisotopic (exact) mass is 520 g/mol. The summed E-state index contributed by atoms with van der Waals surface area (Å²) in [5, 5.41) is 8.91. The van der Waals surface area contributed by atoms with Crippen LogP contribution in [-0.2, 0) is 11.4 Å². The van der Waals surface area contributed by atoms with Crippen molar-refractivity contribution >= 4 is 50.6 Å². The second-order valence-corrected chi connectivity index (χ2v) is 8.78. The first-order chi connectivity index (χ1) is 16.0. The Kier molecular flexibility index (Phi) is 6.82. The number of hydrogen-bond donors (Lipinski definition) is 0. The molecular formula is C25H17BrN2O4S. The summed E-state index contributed by atoms with van der Waals surface area (Å²) in [5.41, 5.74) is 2.50. The molecule has 6 nitrogen and oxygen atoms in total. The van der Waals surface area contributed by atoms with Crippen molar-refractivity contribution in [3.05, 3.63) is 92.8 Å². The van der Waals surface area contributed by atoms with Crippen LogP contribution in [-0.4, -0.2) is 18.3 Å². The van der Waals surface area contributed by atoms with Crippen LogP contribution < -0.4 is 14.4 Å². The van der Waals surface area contributed by atoms with Gasteiger partial charge in [-0.3, -0.25) is 9.59 Å². The van der Waals surface area contributed by atoms with E-state index in [0.29, 0.717) is 37.7 Å². The van der Waals surface area contributed by atoms with Gasteiger partial charge in [0.05, 0.1) is 29.3 Å². The molecule has 0 spiro atoms. The fraction of sp³-hybridized carbons (Fsp3) is 0.0800. The molecule has 33 heavy (non-hydrogen) atoms. The number of methoxy groups -OCH3 is 1. The third-order valence-electron chi connectivity index (χ3n) is 4.90. The normalized spacial score (nSPS) is 14.5. The van der Waals surface area contributed by atoms with Gasteiger partial charge in [0.1, 0.15) is 6.61 Å². The molecule has 0 saturated carbocycles. The molecule has 0 bridgehead atoms. The van der Waals surface area contributed by atoms with Crippen molar-refractivity contribution in [1.29, 1.82) is 5.26 Å². The zero-order valence-electron chi connectivity index (χ0n) is 17.4. The molecular weight excluding hydrogens is 504 g/mol. The summed E-state index contributed by atoms with van der Waals surface area (Å²) < 4.78 is 12.1. The van der Waals surface area contributed by atoms with Crippen molar-refractivity contribution in [2.24, 2.45) is 0 Å². The first-order valence-electron chi connectivity index (χ1n) is 9.83. The number of amides is 2. The molecule has 1 aliphatic rings. The van der Waals surface area contributed by atoms with Gasteiger partial charge < -0.3 is 9.47 Å². The van der Waals surface area contributed by atoms with Gasteiger partial charge in [0.15, 0.2) is 11.5 Å². The number of halogens is 1. The minimum Gasteiger partial charge on any atom is -0.493 e. The van der Waals surface area contributed by atoms with E-state index in [-0.39, 0.29) is 17.8 Å². The second-order valence-electron chi connectivity index (χ2n) is 6.93. The first-order valence-corrected chi connectivity index (χ1v) is 11.4. The molecule has 3 aromatic carbocycles. The third-order valence-corrected chi connectivity index (χ3v) is 6.45. The van der Waals surface area contributed by atoms with Crippen LogP contribution in [0.4, 0.5) is 10.5 Å². The summed E-state index contributed by atoms with van der Waals surface area (Å²) in [5.74, 6) is 0.559. The Morgan fingerprint density at radius 3 is 2.52 bits per heavy atom. The van der Waals surface area contributed by atoms with E-state index >= 15 is 0 Å². The predicted octanol–water partition coefficient (Wildman–Crippen LogP) is 6.15. The molecule has 1 aliphatic heterocycles. The number of anilines is 1. The van der Waals surface area contributed by atoms with Crippen molar-refractivity contribution in [3.63, 3.8) is 0 Å². The van der Waals surface area contributed by atoms with Gasteiger partial charge in [-0.1, -0.05) is 52.3 Å². The Labute approximate surface area is 203 Å². The zero-order valence-corrected chi connectivity index (χ0v) is 19.9. The lowest BCUT2D eigenvalue weighted by molar-refractivity contribution is -0.113. The standard InChI is InChI=1S/C25H17BrN2O4S/c1-31-21-11-18(12-23-24(29)28(25(30)33-23)19-9-3-2-4-10-19)20(26)13-22(21)32-15-17-8-6-5-7-16(17)14-27/h2-13H,15H2,1H3/b23-12-. The molecule has 2 amide bonds. The first kappa shape index (κ1) is 22.6.